The molecule has 0 aromatic heterocycles. The van der Waals surface area contributed by atoms with Crippen LogP contribution in [0, 0.1) is 0 Å². The Hall–Kier alpha value is -0.300. The Morgan fingerprint density at radius 2 is 1.92 bits per heavy atom. The van der Waals surface area contributed by atoms with Gasteiger partial charge < -0.3 is 4.74 Å². The molecule has 1 heterocycles. The van der Waals surface area contributed by atoms with Crippen molar-refractivity contribution in [1.29, 1.82) is 0 Å². The third-order valence-corrected chi connectivity index (χ3v) is 3.57. The van der Waals surface area contributed by atoms with E-state index in [2.05, 4.69) is 13.8 Å². The average Bonchev–Trinajstić information content (AvgIpc) is 2.53. The quantitative estimate of drug-likeness (QED) is 0.519. The fourth-order valence-electron chi connectivity index (χ4n) is 2.69. The van der Waals surface area contributed by atoms with Gasteiger partial charge in [0.05, 0.1) is 12.2 Å². The lowest BCUT2D eigenvalue weighted by molar-refractivity contribution is -0.0562. The second-order valence-corrected chi connectivity index (χ2v) is 4.77. The fourth-order valence-corrected chi connectivity index (χ4v) is 2.69. The van der Waals surface area contributed by atoms with E-state index in [0.717, 1.165) is 6.61 Å². The van der Waals surface area contributed by atoms with Crippen LogP contribution in [0.3, 0.4) is 0 Å². The molecule has 13 heavy (non-hydrogen) atoms. The van der Waals surface area contributed by atoms with Crippen LogP contribution >= 0.6 is 0 Å². The number of hydrogen-bond donors (Lipinski definition) is 0. The number of hydrogen-bond acceptors (Lipinski definition) is 1. The molecule has 2 aliphatic rings. The molecule has 0 unspecified atom stereocenters. The number of ether oxygens (including phenoxy) is 1. The maximum Gasteiger partial charge on any atom is 0.0719 e. The third-order valence-electron chi connectivity index (χ3n) is 3.57. The van der Waals surface area contributed by atoms with Gasteiger partial charge in [0, 0.05) is 0 Å². The Balaban J connectivity index is 2.11. The van der Waals surface area contributed by atoms with Crippen LogP contribution in [-0.2, 0) is 4.74 Å². The van der Waals surface area contributed by atoms with Crippen molar-refractivity contribution in [3.63, 3.8) is 0 Å². The van der Waals surface area contributed by atoms with E-state index < -0.39 is 0 Å². The van der Waals surface area contributed by atoms with Gasteiger partial charge in [-0.25, -0.2) is 0 Å². The predicted molar refractivity (Wildman–Crippen MR) is 54.8 cm³/mol. The van der Waals surface area contributed by atoms with Gasteiger partial charge in [-0.05, 0) is 39.5 Å². The van der Waals surface area contributed by atoms with E-state index in [9.17, 15) is 0 Å². The molecular weight excluding hydrogens is 160 g/mol. The summed E-state index contributed by atoms with van der Waals surface area (Å²) in [4.78, 5) is 0. The average molecular weight is 180 g/mol. The molecule has 1 saturated carbocycles. The van der Waals surface area contributed by atoms with E-state index in [1.165, 1.54) is 44.1 Å². The SMILES string of the molecule is CC(C)=C1CCOC2(CCCC2)C1. The molecular formula is C12H20O. The minimum absolute atomic E-state index is 0.269. The van der Waals surface area contributed by atoms with Gasteiger partial charge >= 0.3 is 0 Å². The Labute approximate surface area is 81.2 Å². The Morgan fingerprint density at radius 3 is 2.54 bits per heavy atom. The van der Waals surface area contributed by atoms with Crippen molar-refractivity contribution in [3.05, 3.63) is 11.1 Å². The monoisotopic (exact) mass is 180 g/mol. The summed E-state index contributed by atoms with van der Waals surface area (Å²) in [7, 11) is 0. The summed E-state index contributed by atoms with van der Waals surface area (Å²) in [5, 5.41) is 0. The normalized spacial score (nSPS) is 26.8. The largest absolute Gasteiger partial charge is 0.374 e. The highest BCUT2D eigenvalue weighted by atomic mass is 16.5. The molecule has 0 aromatic rings. The molecule has 0 bridgehead atoms. The lowest BCUT2D eigenvalue weighted by atomic mass is 9.87. The first-order chi connectivity index (χ1) is 6.22. The lowest BCUT2D eigenvalue weighted by Gasteiger charge is -2.35. The molecule has 2 rings (SSSR count). The van der Waals surface area contributed by atoms with Crippen molar-refractivity contribution in [3.8, 4) is 0 Å². The highest BCUT2D eigenvalue weighted by molar-refractivity contribution is 5.16. The van der Waals surface area contributed by atoms with Gasteiger partial charge in [-0.15, -0.1) is 0 Å². The van der Waals surface area contributed by atoms with Crippen LogP contribution in [0.25, 0.3) is 0 Å². The standard InChI is InChI=1S/C12H20O/c1-10(2)11-5-8-13-12(9-11)6-3-4-7-12/h3-9H2,1-2H3. The predicted octanol–water partition coefficient (Wildman–Crippen LogP) is 3.45. The van der Waals surface area contributed by atoms with Gasteiger partial charge in [0.1, 0.15) is 0 Å². The summed E-state index contributed by atoms with van der Waals surface area (Å²) in [6.07, 6.45) is 7.72. The van der Waals surface area contributed by atoms with E-state index in [-0.39, 0.29) is 5.60 Å². The summed E-state index contributed by atoms with van der Waals surface area (Å²) in [5.41, 5.74) is 3.45. The zero-order valence-corrected chi connectivity index (χ0v) is 8.86. The smallest absolute Gasteiger partial charge is 0.0719 e. The van der Waals surface area contributed by atoms with E-state index in [1.54, 1.807) is 5.57 Å². The molecule has 1 heteroatoms. The molecule has 1 aliphatic heterocycles. The molecule has 1 spiro atoms. The van der Waals surface area contributed by atoms with Crippen LogP contribution in [0.1, 0.15) is 52.4 Å². The van der Waals surface area contributed by atoms with Gasteiger partial charge in [0.2, 0.25) is 0 Å². The van der Waals surface area contributed by atoms with E-state index in [4.69, 9.17) is 4.74 Å². The second-order valence-electron chi connectivity index (χ2n) is 4.77. The Bertz CT molecular complexity index is 217. The molecule has 1 aliphatic carbocycles. The zero-order valence-electron chi connectivity index (χ0n) is 8.86. The zero-order chi connectivity index (χ0) is 9.31. The summed E-state index contributed by atoms with van der Waals surface area (Å²) in [5.74, 6) is 0. The Kier molecular flexibility index (Phi) is 2.46. The van der Waals surface area contributed by atoms with E-state index in [0.29, 0.717) is 0 Å². The van der Waals surface area contributed by atoms with Crippen molar-refractivity contribution >= 4 is 0 Å². The summed E-state index contributed by atoms with van der Waals surface area (Å²) >= 11 is 0. The maximum absolute atomic E-state index is 5.97. The van der Waals surface area contributed by atoms with Gasteiger partial charge in [-0.1, -0.05) is 24.0 Å². The molecule has 0 atom stereocenters. The molecule has 0 aromatic carbocycles. The molecule has 1 nitrogen and oxygen atoms in total. The minimum Gasteiger partial charge on any atom is -0.374 e. The van der Waals surface area contributed by atoms with E-state index in [1.807, 2.05) is 0 Å². The third kappa shape index (κ3) is 1.80. The molecule has 0 amide bonds. The van der Waals surface area contributed by atoms with Crippen molar-refractivity contribution in [2.45, 2.75) is 58.0 Å². The van der Waals surface area contributed by atoms with Crippen LogP contribution < -0.4 is 0 Å². The molecule has 74 valence electrons. The van der Waals surface area contributed by atoms with Crippen molar-refractivity contribution in [2.24, 2.45) is 0 Å². The first kappa shape index (κ1) is 9.26. The van der Waals surface area contributed by atoms with Crippen molar-refractivity contribution in [1.82, 2.24) is 0 Å². The summed E-state index contributed by atoms with van der Waals surface area (Å²) < 4.78 is 5.97. The van der Waals surface area contributed by atoms with Crippen molar-refractivity contribution < 1.29 is 4.74 Å². The first-order valence-corrected chi connectivity index (χ1v) is 5.51. The maximum atomic E-state index is 5.97. The second kappa shape index (κ2) is 3.45. The van der Waals surface area contributed by atoms with Crippen LogP contribution in [0.5, 0.6) is 0 Å². The highest BCUT2D eigenvalue weighted by Crippen LogP contribution is 2.42. The van der Waals surface area contributed by atoms with Crippen LogP contribution in [0.15, 0.2) is 11.1 Å². The van der Waals surface area contributed by atoms with Gasteiger partial charge in [0.15, 0.2) is 0 Å². The Morgan fingerprint density at radius 1 is 1.23 bits per heavy atom. The number of rotatable bonds is 0. The first-order valence-electron chi connectivity index (χ1n) is 5.51. The van der Waals surface area contributed by atoms with Gasteiger partial charge in [-0.2, -0.15) is 0 Å². The summed E-state index contributed by atoms with van der Waals surface area (Å²) in [6, 6.07) is 0. The van der Waals surface area contributed by atoms with Crippen molar-refractivity contribution in [2.75, 3.05) is 6.61 Å². The fraction of sp³-hybridized carbons (Fsp3) is 0.833. The lowest BCUT2D eigenvalue weighted by Crippen LogP contribution is -2.34. The van der Waals surface area contributed by atoms with Gasteiger partial charge in [-0.3, -0.25) is 0 Å². The molecule has 0 N–H and O–H groups in total. The topological polar surface area (TPSA) is 9.23 Å². The highest BCUT2D eigenvalue weighted by Gasteiger charge is 2.37. The minimum atomic E-state index is 0.269. The van der Waals surface area contributed by atoms with Crippen LogP contribution in [0.2, 0.25) is 0 Å². The molecule has 2 fully saturated rings. The van der Waals surface area contributed by atoms with E-state index >= 15 is 0 Å². The van der Waals surface area contributed by atoms with Crippen LogP contribution in [-0.4, -0.2) is 12.2 Å². The summed E-state index contributed by atoms with van der Waals surface area (Å²) in [6.45, 7) is 5.44. The molecule has 1 saturated heterocycles. The molecule has 0 radical (unpaired) electrons. The van der Waals surface area contributed by atoms with Crippen LogP contribution in [0.4, 0.5) is 0 Å². The van der Waals surface area contributed by atoms with Gasteiger partial charge in [0.25, 0.3) is 0 Å². The number of allylic oxidation sites excluding steroid dienone is 1.